The summed E-state index contributed by atoms with van der Waals surface area (Å²) in [7, 11) is 0. The Labute approximate surface area is 157 Å². The zero-order valence-corrected chi connectivity index (χ0v) is 15.1. The molecule has 0 saturated carbocycles. The van der Waals surface area contributed by atoms with Gasteiger partial charge >= 0.3 is 0 Å². The molecular formula is C21H19N3O3. The Morgan fingerprint density at radius 1 is 1.00 bits per heavy atom. The van der Waals surface area contributed by atoms with E-state index >= 15 is 0 Å². The van der Waals surface area contributed by atoms with E-state index < -0.39 is 0 Å². The first-order valence-electron chi connectivity index (χ1n) is 8.60. The SMILES string of the molecule is Cc1cccc(C)c1Nc1ccc(NC(=O)c2ccc3c(c2)OCO3)nc1. The van der Waals surface area contributed by atoms with Crippen LogP contribution in [0.4, 0.5) is 17.2 Å². The van der Waals surface area contributed by atoms with Crippen LogP contribution in [0.1, 0.15) is 21.5 Å². The molecule has 3 aromatic rings. The van der Waals surface area contributed by atoms with Gasteiger partial charge in [0.05, 0.1) is 11.9 Å². The lowest BCUT2D eigenvalue weighted by atomic mass is 10.1. The molecule has 4 rings (SSSR count). The summed E-state index contributed by atoms with van der Waals surface area (Å²) in [6.07, 6.45) is 1.70. The quantitative estimate of drug-likeness (QED) is 0.719. The number of para-hydroxylation sites is 1. The summed E-state index contributed by atoms with van der Waals surface area (Å²) < 4.78 is 10.6. The highest BCUT2D eigenvalue weighted by molar-refractivity contribution is 6.04. The molecule has 2 N–H and O–H groups in total. The predicted octanol–water partition coefficient (Wildman–Crippen LogP) is 4.42. The van der Waals surface area contributed by atoms with Gasteiger partial charge in [0.15, 0.2) is 11.5 Å². The summed E-state index contributed by atoms with van der Waals surface area (Å²) in [5, 5.41) is 6.16. The number of amides is 1. The van der Waals surface area contributed by atoms with Gasteiger partial charge in [-0.15, -0.1) is 0 Å². The first-order chi connectivity index (χ1) is 13.1. The van der Waals surface area contributed by atoms with Gasteiger partial charge in [-0.05, 0) is 55.3 Å². The molecule has 6 nitrogen and oxygen atoms in total. The average Bonchev–Trinajstić information content (AvgIpc) is 3.14. The third-order valence-corrected chi connectivity index (χ3v) is 4.39. The number of ether oxygens (including phenoxy) is 2. The third-order valence-electron chi connectivity index (χ3n) is 4.39. The second-order valence-corrected chi connectivity index (χ2v) is 6.35. The van der Waals surface area contributed by atoms with Crippen molar-refractivity contribution in [1.82, 2.24) is 4.98 Å². The number of aryl methyl sites for hydroxylation is 2. The number of fused-ring (bicyclic) bond motifs is 1. The van der Waals surface area contributed by atoms with Crippen LogP contribution < -0.4 is 20.1 Å². The van der Waals surface area contributed by atoms with Crippen LogP contribution in [0.25, 0.3) is 0 Å². The highest BCUT2D eigenvalue weighted by atomic mass is 16.7. The van der Waals surface area contributed by atoms with Crippen LogP contribution in [0, 0.1) is 13.8 Å². The predicted molar refractivity (Wildman–Crippen MR) is 104 cm³/mol. The lowest BCUT2D eigenvalue weighted by molar-refractivity contribution is 0.102. The fourth-order valence-electron chi connectivity index (χ4n) is 2.92. The minimum Gasteiger partial charge on any atom is -0.454 e. The monoisotopic (exact) mass is 361 g/mol. The summed E-state index contributed by atoms with van der Waals surface area (Å²) in [5.41, 5.74) is 4.73. The van der Waals surface area contributed by atoms with Crippen LogP contribution in [0.15, 0.2) is 54.7 Å². The molecule has 0 radical (unpaired) electrons. The van der Waals surface area contributed by atoms with Crippen molar-refractivity contribution >= 4 is 23.1 Å². The van der Waals surface area contributed by atoms with E-state index in [0.717, 1.165) is 22.5 Å². The Morgan fingerprint density at radius 3 is 2.52 bits per heavy atom. The van der Waals surface area contributed by atoms with Crippen LogP contribution in [-0.2, 0) is 0 Å². The topological polar surface area (TPSA) is 72.5 Å². The minimum atomic E-state index is -0.253. The number of pyridine rings is 1. The Balaban J connectivity index is 1.45. The average molecular weight is 361 g/mol. The number of hydrogen-bond acceptors (Lipinski definition) is 5. The molecule has 27 heavy (non-hydrogen) atoms. The first-order valence-corrected chi connectivity index (χ1v) is 8.60. The zero-order chi connectivity index (χ0) is 18.8. The van der Waals surface area contributed by atoms with E-state index in [1.165, 1.54) is 0 Å². The number of rotatable bonds is 4. The van der Waals surface area contributed by atoms with Gasteiger partial charge in [-0.1, -0.05) is 18.2 Å². The molecule has 2 aromatic carbocycles. The minimum absolute atomic E-state index is 0.177. The van der Waals surface area contributed by atoms with Crippen LogP contribution in [0.2, 0.25) is 0 Å². The molecule has 0 fully saturated rings. The van der Waals surface area contributed by atoms with E-state index in [4.69, 9.17) is 9.47 Å². The molecule has 136 valence electrons. The molecule has 1 aromatic heterocycles. The van der Waals surface area contributed by atoms with Crippen molar-refractivity contribution in [2.24, 2.45) is 0 Å². The van der Waals surface area contributed by atoms with E-state index in [2.05, 4.69) is 41.6 Å². The highest BCUT2D eigenvalue weighted by Crippen LogP contribution is 2.32. The summed E-state index contributed by atoms with van der Waals surface area (Å²) in [4.78, 5) is 16.7. The molecular weight excluding hydrogens is 342 g/mol. The molecule has 0 unspecified atom stereocenters. The summed E-state index contributed by atoms with van der Waals surface area (Å²) >= 11 is 0. The molecule has 1 amide bonds. The first kappa shape index (κ1) is 16.9. The van der Waals surface area contributed by atoms with Gasteiger partial charge in [-0.3, -0.25) is 4.79 Å². The molecule has 0 atom stereocenters. The molecule has 1 aliphatic rings. The maximum atomic E-state index is 12.4. The molecule has 6 heteroatoms. The Kier molecular flexibility index (Phi) is 4.38. The fraction of sp³-hybridized carbons (Fsp3) is 0.143. The van der Waals surface area contributed by atoms with Gasteiger partial charge in [-0.2, -0.15) is 0 Å². The second kappa shape index (κ2) is 6.99. The van der Waals surface area contributed by atoms with Crippen LogP contribution in [-0.4, -0.2) is 17.7 Å². The van der Waals surface area contributed by atoms with Crippen molar-refractivity contribution in [3.63, 3.8) is 0 Å². The molecule has 0 bridgehead atoms. The van der Waals surface area contributed by atoms with Gasteiger partial charge in [-0.25, -0.2) is 4.98 Å². The van der Waals surface area contributed by atoms with Crippen molar-refractivity contribution < 1.29 is 14.3 Å². The largest absolute Gasteiger partial charge is 0.454 e. The summed E-state index contributed by atoms with van der Waals surface area (Å²) in [6, 6.07) is 14.9. The van der Waals surface area contributed by atoms with Crippen LogP contribution in [0.3, 0.4) is 0 Å². The number of aromatic nitrogens is 1. The van der Waals surface area contributed by atoms with Crippen molar-refractivity contribution in [3.8, 4) is 11.5 Å². The van der Waals surface area contributed by atoms with E-state index in [0.29, 0.717) is 22.9 Å². The number of nitrogens with one attached hydrogen (secondary N) is 2. The lowest BCUT2D eigenvalue weighted by Gasteiger charge is -2.13. The van der Waals surface area contributed by atoms with E-state index in [1.54, 1.807) is 30.5 Å². The number of benzene rings is 2. The summed E-state index contributed by atoms with van der Waals surface area (Å²) in [6.45, 7) is 4.29. The van der Waals surface area contributed by atoms with E-state index in [1.807, 2.05) is 12.1 Å². The number of nitrogens with zero attached hydrogens (tertiary/aromatic N) is 1. The van der Waals surface area contributed by atoms with Gasteiger partial charge < -0.3 is 20.1 Å². The third kappa shape index (κ3) is 3.55. The van der Waals surface area contributed by atoms with Gasteiger partial charge in [0.25, 0.3) is 5.91 Å². The van der Waals surface area contributed by atoms with Crippen molar-refractivity contribution in [3.05, 3.63) is 71.4 Å². The van der Waals surface area contributed by atoms with Gasteiger partial charge in [0.1, 0.15) is 5.82 Å². The lowest BCUT2D eigenvalue weighted by Crippen LogP contribution is -2.12. The van der Waals surface area contributed by atoms with Crippen molar-refractivity contribution in [2.45, 2.75) is 13.8 Å². The number of carbonyl (C=O) groups is 1. The van der Waals surface area contributed by atoms with Crippen LogP contribution in [0.5, 0.6) is 11.5 Å². The molecule has 2 heterocycles. The van der Waals surface area contributed by atoms with Crippen LogP contribution >= 0.6 is 0 Å². The number of carbonyl (C=O) groups excluding carboxylic acids is 1. The standard InChI is InChI=1S/C21H19N3O3/c1-13-4-3-5-14(2)20(13)23-16-7-9-19(22-11-16)24-21(25)15-6-8-17-18(10-15)27-12-26-17/h3-11,23H,12H2,1-2H3,(H,22,24,25). The van der Waals surface area contributed by atoms with E-state index in [-0.39, 0.29) is 12.7 Å². The molecule has 1 aliphatic heterocycles. The summed E-state index contributed by atoms with van der Waals surface area (Å²) in [5.74, 6) is 1.44. The normalized spacial score (nSPS) is 11.9. The van der Waals surface area contributed by atoms with Crippen molar-refractivity contribution in [2.75, 3.05) is 17.4 Å². The number of hydrogen-bond donors (Lipinski definition) is 2. The maximum absolute atomic E-state index is 12.4. The van der Waals surface area contributed by atoms with Gasteiger partial charge in [0, 0.05) is 11.3 Å². The van der Waals surface area contributed by atoms with Gasteiger partial charge in [0.2, 0.25) is 6.79 Å². The smallest absolute Gasteiger partial charge is 0.256 e. The fourth-order valence-corrected chi connectivity index (χ4v) is 2.92. The Morgan fingerprint density at radius 2 is 1.78 bits per heavy atom. The maximum Gasteiger partial charge on any atom is 0.256 e. The Hall–Kier alpha value is -3.54. The Bertz CT molecular complexity index is 980. The van der Waals surface area contributed by atoms with Crippen molar-refractivity contribution in [1.29, 1.82) is 0 Å². The number of anilines is 3. The second-order valence-electron chi connectivity index (χ2n) is 6.35. The highest BCUT2D eigenvalue weighted by Gasteiger charge is 2.16. The van der Waals surface area contributed by atoms with E-state index in [9.17, 15) is 4.79 Å². The molecule has 0 aliphatic carbocycles. The zero-order valence-electron chi connectivity index (χ0n) is 15.1. The molecule has 0 saturated heterocycles. The molecule has 0 spiro atoms.